The third kappa shape index (κ3) is 5.04. The summed E-state index contributed by atoms with van der Waals surface area (Å²) >= 11 is 0. The number of likely N-dealkylation sites (N-methyl/N-ethyl adjacent to an activating group) is 1. The number of rotatable bonds is 6. The van der Waals surface area contributed by atoms with Gasteiger partial charge in [0.1, 0.15) is 0 Å². The molecule has 3 unspecified atom stereocenters. The molecular weight excluding hydrogens is 254 g/mol. The van der Waals surface area contributed by atoms with Gasteiger partial charge in [-0.3, -0.25) is 13.9 Å². The van der Waals surface area contributed by atoms with Crippen LogP contribution in [0.4, 0.5) is 0 Å². The van der Waals surface area contributed by atoms with E-state index in [0.29, 0.717) is 12.4 Å². The molecule has 106 valence electrons. The summed E-state index contributed by atoms with van der Waals surface area (Å²) in [4.78, 5) is 13.4. The molecule has 1 aliphatic heterocycles. The van der Waals surface area contributed by atoms with Crippen molar-refractivity contribution in [3.63, 3.8) is 0 Å². The molecule has 0 aromatic carbocycles. The van der Waals surface area contributed by atoms with E-state index in [-0.39, 0.29) is 23.7 Å². The van der Waals surface area contributed by atoms with Gasteiger partial charge in [-0.1, -0.05) is 13.8 Å². The van der Waals surface area contributed by atoms with E-state index in [1.807, 2.05) is 6.92 Å². The number of carbonyl (C=O) groups is 1. The Hall–Kier alpha value is -0.460. The van der Waals surface area contributed by atoms with E-state index in [2.05, 4.69) is 16.6 Å². The van der Waals surface area contributed by atoms with Crippen LogP contribution in [0.2, 0.25) is 0 Å². The third-order valence-electron chi connectivity index (χ3n) is 3.15. The summed E-state index contributed by atoms with van der Waals surface area (Å²) in [5.74, 6) is 0.185. The summed E-state index contributed by atoms with van der Waals surface area (Å²) in [5, 5.41) is -0.182. The van der Waals surface area contributed by atoms with Crippen molar-refractivity contribution in [2.24, 2.45) is 0 Å². The van der Waals surface area contributed by atoms with Gasteiger partial charge in [0.2, 0.25) is 0 Å². The van der Waals surface area contributed by atoms with Crippen LogP contribution in [0.15, 0.2) is 0 Å². The first kappa shape index (κ1) is 15.6. The van der Waals surface area contributed by atoms with Crippen molar-refractivity contribution >= 4 is 16.8 Å². The lowest BCUT2D eigenvalue weighted by molar-refractivity contribution is -0.140. The minimum Gasteiger partial charge on any atom is -0.469 e. The summed E-state index contributed by atoms with van der Waals surface area (Å²) in [7, 11) is 0.295. The molecule has 1 heterocycles. The number of methoxy groups -OCH3 is 1. The van der Waals surface area contributed by atoms with Crippen LogP contribution in [0.3, 0.4) is 0 Å². The normalized spacial score (nSPS) is 24.5. The van der Waals surface area contributed by atoms with E-state index < -0.39 is 10.8 Å². The minimum atomic E-state index is -1.05. The summed E-state index contributed by atoms with van der Waals surface area (Å²) in [5.41, 5.74) is 0. The lowest BCUT2D eigenvalue weighted by Crippen LogP contribution is -2.45. The number of hydrogen-bond donors (Lipinski definition) is 0. The number of ether oxygens (including phenoxy) is 2. The second-order valence-corrected chi connectivity index (χ2v) is 6.42. The van der Waals surface area contributed by atoms with Crippen LogP contribution in [0.1, 0.15) is 20.3 Å². The first-order valence-corrected chi connectivity index (χ1v) is 7.73. The van der Waals surface area contributed by atoms with Gasteiger partial charge in [0.15, 0.2) is 0 Å². The fourth-order valence-corrected chi connectivity index (χ4v) is 3.15. The van der Waals surface area contributed by atoms with Gasteiger partial charge < -0.3 is 9.47 Å². The zero-order chi connectivity index (χ0) is 13.5. The van der Waals surface area contributed by atoms with E-state index in [1.54, 1.807) is 0 Å². The maximum atomic E-state index is 12.1. The molecule has 6 heteroatoms. The summed E-state index contributed by atoms with van der Waals surface area (Å²) in [6, 6.07) is 0. The van der Waals surface area contributed by atoms with Crippen LogP contribution in [0, 0.1) is 0 Å². The van der Waals surface area contributed by atoms with Crippen LogP contribution in [-0.4, -0.2) is 65.5 Å². The molecule has 0 bridgehead atoms. The van der Waals surface area contributed by atoms with Gasteiger partial charge in [0, 0.05) is 29.1 Å². The van der Waals surface area contributed by atoms with Crippen LogP contribution < -0.4 is 0 Å². The molecule has 0 aromatic rings. The molecule has 1 aliphatic rings. The fourth-order valence-electron chi connectivity index (χ4n) is 1.93. The number of hydrogen-bond acceptors (Lipinski definition) is 5. The van der Waals surface area contributed by atoms with Gasteiger partial charge in [0.25, 0.3) is 0 Å². The first-order valence-electron chi connectivity index (χ1n) is 6.34. The van der Waals surface area contributed by atoms with Crippen LogP contribution in [0.25, 0.3) is 0 Å². The average Bonchev–Trinajstić information content (AvgIpc) is 2.38. The topological polar surface area (TPSA) is 55.8 Å². The zero-order valence-corrected chi connectivity index (χ0v) is 12.2. The van der Waals surface area contributed by atoms with Gasteiger partial charge >= 0.3 is 5.97 Å². The van der Waals surface area contributed by atoms with E-state index in [1.165, 1.54) is 7.11 Å². The van der Waals surface area contributed by atoms with Crippen molar-refractivity contribution < 1.29 is 18.5 Å². The fraction of sp³-hybridized carbons (Fsp3) is 0.917. The molecule has 0 aliphatic carbocycles. The minimum absolute atomic E-state index is 0.0135. The first-order chi connectivity index (χ1) is 8.56. The second kappa shape index (κ2) is 7.86. The molecule has 0 radical (unpaired) electrons. The Morgan fingerprint density at radius 2 is 2.33 bits per heavy atom. The number of nitrogens with zero attached hydrogens (tertiary/aromatic N) is 1. The monoisotopic (exact) mass is 277 g/mol. The number of esters is 1. The summed E-state index contributed by atoms with van der Waals surface area (Å²) < 4.78 is 22.3. The van der Waals surface area contributed by atoms with Gasteiger partial charge in [0.05, 0.1) is 32.0 Å². The van der Waals surface area contributed by atoms with Gasteiger partial charge in [-0.15, -0.1) is 0 Å². The number of carbonyl (C=O) groups excluding carboxylic acids is 1. The molecule has 5 nitrogen and oxygen atoms in total. The molecule has 18 heavy (non-hydrogen) atoms. The maximum absolute atomic E-state index is 12.1. The molecule has 0 amide bonds. The van der Waals surface area contributed by atoms with E-state index in [9.17, 15) is 9.00 Å². The molecule has 1 fully saturated rings. The highest BCUT2D eigenvalue weighted by atomic mass is 32.2. The second-order valence-electron chi connectivity index (χ2n) is 4.52. The lowest BCUT2D eigenvalue weighted by Gasteiger charge is -2.32. The predicted octanol–water partition coefficient (Wildman–Crippen LogP) is 0.407. The highest BCUT2D eigenvalue weighted by Crippen LogP contribution is 2.10. The molecule has 0 N–H and O–H groups in total. The Balaban J connectivity index is 2.36. The van der Waals surface area contributed by atoms with Gasteiger partial charge in [-0.05, 0) is 6.54 Å². The van der Waals surface area contributed by atoms with Crippen LogP contribution in [0.5, 0.6) is 0 Å². The third-order valence-corrected chi connectivity index (χ3v) is 4.92. The molecular formula is C12H23NO4S. The van der Waals surface area contributed by atoms with Crippen molar-refractivity contribution in [1.82, 2.24) is 4.90 Å². The average molecular weight is 277 g/mol. The Morgan fingerprint density at radius 3 is 2.94 bits per heavy atom. The molecule has 1 saturated heterocycles. The Morgan fingerprint density at radius 1 is 1.61 bits per heavy atom. The van der Waals surface area contributed by atoms with Gasteiger partial charge in [-0.25, -0.2) is 0 Å². The predicted molar refractivity (Wildman–Crippen MR) is 71.0 cm³/mol. The lowest BCUT2D eigenvalue weighted by atomic mass is 10.3. The Kier molecular flexibility index (Phi) is 6.81. The van der Waals surface area contributed by atoms with Crippen molar-refractivity contribution in [1.29, 1.82) is 0 Å². The zero-order valence-electron chi connectivity index (χ0n) is 11.4. The van der Waals surface area contributed by atoms with E-state index in [0.717, 1.165) is 19.6 Å². The van der Waals surface area contributed by atoms with Gasteiger partial charge in [-0.2, -0.15) is 0 Å². The largest absolute Gasteiger partial charge is 0.469 e. The molecule has 0 saturated carbocycles. The van der Waals surface area contributed by atoms with Crippen LogP contribution in [-0.2, 0) is 25.1 Å². The van der Waals surface area contributed by atoms with Crippen molar-refractivity contribution in [2.75, 3.05) is 39.1 Å². The standard InChI is InChI=1S/C12H23NO4S/c1-4-13-5-6-17-11(8-13)9-18(15)10(2)7-12(14)16-3/h10-11H,4-9H2,1-3H3. The Labute approximate surface area is 111 Å². The molecule has 1 rings (SSSR count). The maximum Gasteiger partial charge on any atom is 0.306 e. The van der Waals surface area contributed by atoms with Crippen molar-refractivity contribution in [2.45, 2.75) is 31.6 Å². The highest BCUT2D eigenvalue weighted by molar-refractivity contribution is 7.85. The molecule has 0 spiro atoms. The quantitative estimate of drug-likeness (QED) is 0.658. The van der Waals surface area contributed by atoms with Crippen LogP contribution >= 0.6 is 0 Å². The summed E-state index contributed by atoms with van der Waals surface area (Å²) in [6.45, 7) is 7.38. The molecule has 3 atom stereocenters. The van der Waals surface area contributed by atoms with Crippen molar-refractivity contribution in [3.8, 4) is 0 Å². The smallest absolute Gasteiger partial charge is 0.306 e. The Bertz CT molecular complexity index is 298. The molecule has 0 aromatic heterocycles. The van der Waals surface area contributed by atoms with E-state index in [4.69, 9.17) is 4.74 Å². The number of morpholine rings is 1. The SMILES string of the molecule is CCN1CCOC(CS(=O)C(C)CC(=O)OC)C1. The highest BCUT2D eigenvalue weighted by Gasteiger charge is 2.24. The van der Waals surface area contributed by atoms with E-state index >= 15 is 0 Å². The van der Waals surface area contributed by atoms with Crippen molar-refractivity contribution in [3.05, 3.63) is 0 Å². The summed E-state index contributed by atoms with van der Waals surface area (Å²) in [6.07, 6.45) is 0.215.